The van der Waals surface area contributed by atoms with Gasteiger partial charge in [-0.15, -0.1) is 11.8 Å². The van der Waals surface area contributed by atoms with Crippen molar-refractivity contribution in [3.05, 3.63) is 33.1 Å². The average molecular weight is 426 g/mol. The number of aliphatic hydroxyl groups excluding tert-OH is 1. The van der Waals surface area contributed by atoms with E-state index in [1.54, 1.807) is 0 Å². The van der Waals surface area contributed by atoms with Crippen LogP contribution >= 0.6 is 11.8 Å². The van der Waals surface area contributed by atoms with Gasteiger partial charge in [-0.1, -0.05) is 0 Å². The van der Waals surface area contributed by atoms with Crippen molar-refractivity contribution in [3.8, 4) is 0 Å². The first-order valence-electron chi connectivity index (χ1n) is 9.33. The lowest BCUT2D eigenvalue weighted by Gasteiger charge is -2.31. The van der Waals surface area contributed by atoms with Crippen LogP contribution in [0.5, 0.6) is 0 Å². The molecule has 0 aliphatic carbocycles. The van der Waals surface area contributed by atoms with Crippen LogP contribution in [0, 0.1) is 0 Å². The van der Waals surface area contributed by atoms with Gasteiger partial charge in [-0.25, -0.2) is 4.79 Å². The first-order chi connectivity index (χ1) is 13.5. The average Bonchev–Trinajstić information content (AvgIpc) is 3.05. The fourth-order valence-corrected chi connectivity index (χ4v) is 5.92. The maximum Gasteiger partial charge on any atom is 0.330 e. The Balaban J connectivity index is 1.67. The Morgan fingerprint density at radius 2 is 2.10 bits per heavy atom. The van der Waals surface area contributed by atoms with E-state index in [0.29, 0.717) is 6.41 Å². The number of aromatic nitrogens is 2. The number of hydrogen-bond acceptors (Lipinski definition) is 7. The van der Waals surface area contributed by atoms with Gasteiger partial charge in [0, 0.05) is 30.0 Å². The Bertz CT molecular complexity index is 910. The van der Waals surface area contributed by atoms with Gasteiger partial charge in [0.1, 0.15) is 18.4 Å². The van der Waals surface area contributed by atoms with Crippen LogP contribution in [0.1, 0.15) is 40.3 Å². The molecule has 2 aliphatic heterocycles. The number of carbonyl (C=O) groups excluding carboxylic acids is 2. The van der Waals surface area contributed by atoms with Crippen LogP contribution in [0.3, 0.4) is 0 Å². The van der Waals surface area contributed by atoms with Crippen LogP contribution in [0.2, 0.25) is 0 Å². The summed E-state index contributed by atoms with van der Waals surface area (Å²) < 4.78 is 6.43. The summed E-state index contributed by atoms with van der Waals surface area (Å²) in [5.74, 6) is -0.333. The van der Waals surface area contributed by atoms with Gasteiger partial charge < -0.3 is 20.1 Å². The quantitative estimate of drug-likeness (QED) is 0.535. The van der Waals surface area contributed by atoms with Gasteiger partial charge >= 0.3 is 5.69 Å². The Hall–Kier alpha value is -2.11. The van der Waals surface area contributed by atoms with E-state index in [4.69, 9.17) is 4.74 Å². The molecule has 2 amide bonds. The maximum atomic E-state index is 12.9. The molecule has 0 spiro atoms. The van der Waals surface area contributed by atoms with Gasteiger partial charge in [0.05, 0.1) is 11.0 Å². The molecule has 29 heavy (non-hydrogen) atoms. The van der Waals surface area contributed by atoms with E-state index < -0.39 is 45.3 Å². The second-order valence-corrected chi connectivity index (χ2v) is 10.5. The molecule has 11 heteroatoms. The van der Waals surface area contributed by atoms with Gasteiger partial charge in [-0.05, 0) is 27.7 Å². The number of thioether (sulfide) groups is 1. The molecule has 4 atom stereocenters. The maximum absolute atomic E-state index is 12.9. The van der Waals surface area contributed by atoms with Crippen LogP contribution < -0.4 is 16.6 Å². The van der Waals surface area contributed by atoms with Gasteiger partial charge in [-0.2, -0.15) is 0 Å². The zero-order valence-electron chi connectivity index (χ0n) is 16.7. The predicted molar refractivity (Wildman–Crippen MR) is 106 cm³/mol. The highest BCUT2D eigenvalue weighted by molar-refractivity contribution is 8.02. The number of amides is 2. The molecule has 1 aromatic heterocycles. The number of hydrogen-bond donors (Lipinski definition) is 3. The standard InChI is InChI=1S/C18H26N4O6S/c1-17(2)14(22(9-23)18(3,4)29-17)15(26)19-8-11-10(24)7-13(28-11)21-6-5-12(25)20-16(21)27/h5-6,9-11,13-14,24H,7-8H2,1-4H3,(H,19,26)(H,20,25,27)/t10-,11+,13+,14-/m0/s1. The smallest absolute Gasteiger partial charge is 0.330 e. The molecule has 0 saturated carbocycles. The summed E-state index contributed by atoms with van der Waals surface area (Å²) in [5.41, 5.74) is -1.15. The minimum absolute atomic E-state index is 0.0268. The summed E-state index contributed by atoms with van der Waals surface area (Å²) in [6.07, 6.45) is -0.237. The normalized spacial score (nSPS) is 30.3. The monoisotopic (exact) mass is 426 g/mol. The van der Waals surface area contributed by atoms with E-state index in [1.165, 1.54) is 33.5 Å². The minimum Gasteiger partial charge on any atom is -0.390 e. The van der Waals surface area contributed by atoms with Crippen molar-refractivity contribution in [1.29, 1.82) is 0 Å². The summed E-state index contributed by atoms with van der Waals surface area (Å²) >= 11 is 1.54. The third-order valence-electron chi connectivity index (χ3n) is 5.28. The number of ether oxygens (including phenoxy) is 1. The Morgan fingerprint density at radius 1 is 1.41 bits per heavy atom. The number of rotatable bonds is 5. The SMILES string of the molecule is CC1(C)SC(C)(C)N(C=O)[C@H]1C(=O)NC[C@H]1O[C@@H](n2ccc(=O)[nH]c2=O)C[C@@H]1O. The first kappa shape index (κ1) is 21.6. The summed E-state index contributed by atoms with van der Waals surface area (Å²) in [6.45, 7) is 7.62. The molecule has 1 aromatic rings. The Labute approximate surface area is 171 Å². The molecule has 160 valence electrons. The van der Waals surface area contributed by atoms with Gasteiger partial charge in [0.2, 0.25) is 12.3 Å². The largest absolute Gasteiger partial charge is 0.390 e. The second-order valence-electron chi connectivity index (χ2n) is 8.26. The number of nitrogens with one attached hydrogen (secondary N) is 2. The molecule has 2 saturated heterocycles. The van der Waals surface area contributed by atoms with Gasteiger partial charge in [-0.3, -0.25) is 23.9 Å². The van der Waals surface area contributed by atoms with E-state index in [2.05, 4.69) is 10.3 Å². The molecule has 3 rings (SSSR count). The number of H-pyrrole nitrogens is 1. The molecule has 2 aliphatic rings. The van der Waals surface area contributed by atoms with Crippen molar-refractivity contribution < 1.29 is 19.4 Å². The summed E-state index contributed by atoms with van der Waals surface area (Å²) in [4.78, 5) is 50.7. The van der Waals surface area contributed by atoms with Crippen molar-refractivity contribution >= 4 is 24.1 Å². The molecule has 0 unspecified atom stereocenters. The number of aliphatic hydroxyl groups is 1. The predicted octanol–water partition coefficient (Wildman–Crippen LogP) is -0.610. The van der Waals surface area contributed by atoms with Crippen LogP contribution in [0.4, 0.5) is 0 Å². The van der Waals surface area contributed by atoms with E-state index in [9.17, 15) is 24.3 Å². The highest BCUT2D eigenvalue weighted by Gasteiger charge is 2.54. The third kappa shape index (κ3) is 4.12. The molecular formula is C18H26N4O6S. The fourth-order valence-electron chi connectivity index (χ4n) is 4.05. The van der Waals surface area contributed by atoms with Crippen molar-refractivity contribution in [3.63, 3.8) is 0 Å². The number of aromatic amines is 1. The highest BCUT2D eigenvalue weighted by atomic mass is 32.2. The van der Waals surface area contributed by atoms with Crippen LogP contribution in [0.25, 0.3) is 0 Å². The molecular weight excluding hydrogens is 400 g/mol. The summed E-state index contributed by atoms with van der Waals surface area (Å²) in [6, 6.07) is 0.526. The second kappa shape index (κ2) is 7.62. The van der Waals surface area contributed by atoms with Gasteiger partial charge in [0.15, 0.2) is 0 Å². The lowest BCUT2D eigenvalue weighted by molar-refractivity contribution is -0.135. The van der Waals surface area contributed by atoms with Crippen molar-refractivity contribution in [2.24, 2.45) is 0 Å². The van der Waals surface area contributed by atoms with Crippen LogP contribution in [-0.4, -0.2) is 66.3 Å². The van der Waals surface area contributed by atoms with E-state index in [1.807, 2.05) is 27.7 Å². The third-order valence-corrected chi connectivity index (χ3v) is 6.74. The molecule has 0 bridgehead atoms. The Morgan fingerprint density at radius 3 is 2.72 bits per heavy atom. The summed E-state index contributed by atoms with van der Waals surface area (Å²) in [5, 5.41) is 13.1. The van der Waals surface area contributed by atoms with Crippen LogP contribution in [0.15, 0.2) is 21.9 Å². The first-order valence-corrected chi connectivity index (χ1v) is 10.1. The van der Waals surface area contributed by atoms with Crippen LogP contribution in [-0.2, 0) is 14.3 Å². The lowest BCUT2D eigenvalue weighted by Crippen LogP contribution is -2.55. The van der Waals surface area contributed by atoms with Crippen molar-refractivity contribution in [2.75, 3.05) is 6.54 Å². The molecule has 0 aromatic carbocycles. The molecule has 2 fully saturated rings. The lowest BCUT2D eigenvalue weighted by atomic mass is 10.00. The zero-order valence-corrected chi connectivity index (χ0v) is 17.6. The molecule has 3 heterocycles. The zero-order chi connectivity index (χ0) is 21.6. The summed E-state index contributed by atoms with van der Waals surface area (Å²) in [7, 11) is 0. The van der Waals surface area contributed by atoms with E-state index in [0.717, 1.165) is 0 Å². The fraction of sp³-hybridized carbons (Fsp3) is 0.667. The molecule has 10 nitrogen and oxygen atoms in total. The van der Waals surface area contributed by atoms with E-state index >= 15 is 0 Å². The number of carbonyl (C=O) groups is 2. The Kier molecular flexibility index (Phi) is 5.67. The minimum atomic E-state index is -0.899. The topological polar surface area (TPSA) is 134 Å². The molecule has 0 radical (unpaired) electrons. The van der Waals surface area contributed by atoms with E-state index in [-0.39, 0.29) is 18.9 Å². The van der Waals surface area contributed by atoms with Crippen molar-refractivity contribution in [1.82, 2.24) is 19.8 Å². The van der Waals surface area contributed by atoms with Crippen molar-refractivity contribution in [2.45, 2.75) is 68.2 Å². The number of nitrogens with zero attached hydrogens (tertiary/aromatic N) is 2. The molecule has 3 N–H and O–H groups in total. The highest BCUT2D eigenvalue weighted by Crippen LogP contribution is 2.50. The van der Waals surface area contributed by atoms with Gasteiger partial charge in [0.25, 0.3) is 5.56 Å².